The lowest BCUT2D eigenvalue weighted by Crippen LogP contribution is -2.39. The molecule has 1 heterocycles. The minimum atomic E-state index is 0.0220. The molecule has 1 atom stereocenters. The van der Waals surface area contributed by atoms with E-state index < -0.39 is 0 Å². The summed E-state index contributed by atoms with van der Waals surface area (Å²) in [6.07, 6.45) is 5.35. The first-order valence-corrected chi connectivity index (χ1v) is 7.96. The second-order valence-corrected chi connectivity index (χ2v) is 7.27. The lowest BCUT2D eigenvalue weighted by atomic mass is 9.92. The number of fused-ring (bicyclic) bond motifs is 1. The monoisotopic (exact) mass is 306 g/mol. The summed E-state index contributed by atoms with van der Waals surface area (Å²) >= 11 is 5.37. The van der Waals surface area contributed by atoms with Gasteiger partial charge in [0.1, 0.15) is 0 Å². The Labute approximate surface area is 133 Å². The van der Waals surface area contributed by atoms with Crippen molar-refractivity contribution in [3.05, 3.63) is 29.6 Å². The molecular weight excluding hydrogens is 280 g/mol. The number of rotatable bonds is 3. The number of thiocarbonyl (C=S) groups is 1. The quantitative estimate of drug-likeness (QED) is 0.665. The highest BCUT2D eigenvalue weighted by Crippen LogP contribution is 2.32. The maximum absolute atomic E-state index is 5.37. The Morgan fingerprint density at radius 2 is 2.24 bits per heavy atom. The van der Waals surface area contributed by atoms with Gasteiger partial charge in [-0.3, -0.25) is 4.68 Å². The van der Waals surface area contributed by atoms with Crippen LogP contribution >= 0.6 is 12.2 Å². The molecule has 0 spiro atoms. The van der Waals surface area contributed by atoms with Gasteiger partial charge in [-0.2, -0.15) is 5.10 Å². The zero-order valence-corrected chi connectivity index (χ0v) is 14.3. The standard InChI is InChI=1S/C16H26N4S/c1-11(2)9-17-15(21)19-13-7-6-8-14-12(13)10-18-20(14)16(3,4)5/h10,13H,1,6-9H2,2-5H3,(H2,17,19,21)/t13-/m1/s1. The molecule has 1 aromatic rings. The SMILES string of the molecule is C=C(C)CNC(=S)N[C@@H]1CCCc2c1cnn2C(C)(C)C. The van der Waals surface area contributed by atoms with E-state index in [-0.39, 0.29) is 11.6 Å². The molecule has 0 fully saturated rings. The van der Waals surface area contributed by atoms with Crippen molar-refractivity contribution in [2.45, 2.75) is 58.5 Å². The molecule has 0 saturated heterocycles. The Morgan fingerprint density at radius 3 is 2.86 bits per heavy atom. The van der Waals surface area contributed by atoms with Crippen molar-refractivity contribution in [3.63, 3.8) is 0 Å². The van der Waals surface area contributed by atoms with Gasteiger partial charge in [-0.25, -0.2) is 0 Å². The van der Waals surface area contributed by atoms with Crippen LogP contribution in [-0.4, -0.2) is 21.4 Å². The highest BCUT2D eigenvalue weighted by Gasteiger charge is 2.28. The van der Waals surface area contributed by atoms with Gasteiger partial charge in [0.05, 0.1) is 17.8 Å². The number of hydrogen-bond acceptors (Lipinski definition) is 2. The third-order valence-corrected chi connectivity index (χ3v) is 3.94. The second kappa shape index (κ2) is 6.18. The predicted octanol–water partition coefficient (Wildman–Crippen LogP) is 3.06. The van der Waals surface area contributed by atoms with Crippen LogP contribution in [0.4, 0.5) is 0 Å². The predicted molar refractivity (Wildman–Crippen MR) is 91.5 cm³/mol. The summed E-state index contributed by atoms with van der Waals surface area (Å²) in [4.78, 5) is 0. The van der Waals surface area contributed by atoms with E-state index in [9.17, 15) is 0 Å². The topological polar surface area (TPSA) is 41.9 Å². The van der Waals surface area contributed by atoms with Crippen LogP contribution in [0, 0.1) is 0 Å². The van der Waals surface area contributed by atoms with Crippen LogP contribution in [-0.2, 0) is 12.0 Å². The minimum absolute atomic E-state index is 0.0220. The molecule has 0 saturated carbocycles. The van der Waals surface area contributed by atoms with Gasteiger partial charge < -0.3 is 10.6 Å². The lowest BCUT2D eigenvalue weighted by Gasteiger charge is -2.29. The van der Waals surface area contributed by atoms with E-state index >= 15 is 0 Å². The zero-order valence-electron chi connectivity index (χ0n) is 13.5. The summed E-state index contributed by atoms with van der Waals surface area (Å²) in [6, 6.07) is 0.259. The van der Waals surface area contributed by atoms with Crippen molar-refractivity contribution in [3.8, 4) is 0 Å². The fourth-order valence-corrected chi connectivity index (χ4v) is 2.94. The summed E-state index contributed by atoms with van der Waals surface area (Å²) in [7, 11) is 0. The normalized spacial score (nSPS) is 18.0. The van der Waals surface area contributed by atoms with Crippen LogP contribution in [0.5, 0.6) is 0 Å². The van der Waals surface area contributed by atoms with Gasteiger partial charge in [0.2, 0.25) is 0 Å². The first kappa shape index (κ1) is 16.0. The maximum Gasteiger partial charge on any atom is 0.167 e. The highest BCUT2D eigenvalue weighted by atomic mass is 32.1. The number of nitrogens with zero attached hydrogens (tertiary/aromatic N) is 2. The Hall–Kier alpha value is -1.36. The number of nitrogens with one attached hydrogen (secondary N) is 2. The van der Waals surface area contributed by atoms with Gasteiger partial charge in [-0.05, 0) is 59.2 Å². The van der Waals surface area contributed by atoms with E-state index in [2.05, 4.69) is 47.8 Å². The highest BCUT2D eigenvalue weighted by molar-refractivity contribution is 7.80. The summed E-state index contributed by atoms with van der Waals surface area (Å²) < 4.78 is 2.15. The third kappa shape index (κ3) is 3.84. The molecule has 0 aromatic carbocycles. The van der Waals surface area contributed by atoms with Crippen LogP contribution < -0.4 is 10.6 Å². The van der Waals surface area contributed by atoms with Gasteiger partial charge in [0, 0.05) is 17.8 Å². The molecule has 0 unspecified atom stereocenters. The molecule has 21 heavy (non-hydrogen) atoms. The van der Waals surface area contributed by atoms with Crippen LogP contribution in [0.3, 0.4) is 0 Å². The molecule has 1 aromatic heterocycles. The smallest absolute Gasteiger partial charge is 0.167 e. The molecule has 0 aliphatic heterocycles. The zero-order chi connectivity index (χ0) is 15.6. The van der Waals surface area contributed by atoms with Crippen LogP contribution in [0.25, 0.3) is 0 Å². The summed E-state index contributed by atoms with van der Waals surface area (Å²) in [5.41, 5.74) is 3.72. The van der Waals surface area contributed by atoms with E-state index in [0.29, 0.717) is 11.7 Å². The van der Waals surface area contributed by atoms with Gasteiger partial charge >= 0.3 is 0 Å². The molecule has 116 valence electrons. The molecule has 0 amide bonds. The van der Waals surface area contributed by atoms with E-state index in [4.69, 9.17) is 12.2 Å². The fraction of sp³-hybridized carbons (Fsp3) is 0.625. The maximum atomic E-state index is 5.37. The van der Waals surface area contributed by atoms with Crippen LogP contribution in [0.15, 0.2) is 18.3 Å². The largest absolute Gasteiger partial charge is 0.359 e. The first-order valence-electron chi connectivity index (χ1n) is 7.55. The van der Waals surface area contributed by atoms with Crippen LogP contribution in [0.2, 0.25) is 0 Å². The second-order valence-electron chi connectivity index (χ2n) is 6.86. The average Bonchev–Trinajstić information content (AvgIpc) is 2.81. The number of aromatic nitrogens is 2. The fourth-order valence-electron chi connectivity index (χ4n) is 2.73. The molecule has 1 aliphatic rings. The average molecular weight is 306 g/mol. The lowest BCUT2D eigenvalue weighted by molar-refractivity contribution is 0.336. The molecule has 5 heteroatoms. The summed E-state index contributed by atoms with van der Waals surface area (Å²) in [5, 5.41) is 11.9. The molecule has 2 N–H and O–H groups in total. The van der Waals surface area contributed by atoms with Crippen LogP contribution in [0.1, 0.15) is 57.8 Å². The van der Waals surface area contributed by atoms with Crippen molar-refractivity contribution in [2.75, 3.05) is 6.54 Å². The first-order chi connectivity index (χ1) is 9.79. The van der Waals surface area contributed by atoms with Gasteiger partial charge in [0.15, 0.2) is 5.11 Å². The van der Waals surface area contributed by atoms with Crippen molar-refractivity contribution >= 4 is 17.3 Å². The Kier molecular flexibility index (Phi) is 4.71. The van der Waals surface area contributed by atoms with Gasteiger partial charge in [-0.1, -0.05) is 12.2 Å². The van der Waals surface area contributed by atoms with Crippen molar-refractivity contribution in [2.24, 2.45) is 0 Å². The van der Waals surface area contributed by atoms with E-state index in [0.717, 1.165) is 24.8 Å². The summed E-state index contributed by atoms with van der Waals surface area (Å²) in [5.74, 6) is 0. The Bertz CT molecular complexity index is 539. The van der Waals surface area contributed by atoms with E-state index in [1.165, 1.54) is 11.3 Å². The third-order valence-electron chi connectivity index (χ3n) is 3.67. The Balaban J connectivity index is 2.10. The van der Waals surface area contributed by atoms with E-state index in [1.807, 2.05) is 13.1 Å². The minimum Gasteiger partial charge on any atom is -0.359 e. The molecular formula is C16H26N4S. The van der Waals surface area contributed by atoms with Gasteiger partial charge in [-0.15, -0.1) is 0 Å². The van der Waals surface area contributed by atoms with E-state index in [1.54, 1.807) is 0 Å². The molecule has 4 nitrogen and oxygen atoms in total. The molecule has 2 rings (SSSR count). The van der Waals surface area contributed by atoms with Crippen molar-refractivity contribution < 1.29 is 0 Å². The molecule has 1 aliphatic carbocycles. The molecule has 0 bridgehead atoms. The molecule has 0 radical (unpaired) electrons. The van der Waals surface area contributed by atoms with Gasteiger partial charge in [0.25, 0.3) is 0 Å². The summed E-state index contributed by atoms with van der Waals surface area (Å²) in [6.45, 7) is 13.2. The van der Waals surface area contributed by atoms with Crippen molar-refractivity contribution in [1.82, 2.24) is 20.4 Å². The van der Waals surface area contributed by atoms with Crippen molar-refractivity contribution in [1.29, 1.82) is 0 Å². The number of hydrogen-bond donors (Lipinski definition) is 2. The Morgan fingerprint density at radius 1 is 1.52 bits per heavy atom.